The van der Waals surface area contributed by atoms with Gasteiger partial charge in [-0.05, 0) is 42.3 Å². The quantitative estimate of drug-likeness (QED) is 0.653. The van der Waals surface area contributed by atoms with Crippen LogP contribution >= 0.6 is 0 Å². The highest BCUT2D eigenvalue weighted by molar-refractivity contribution is 6.16. The van der Waals surface area contributed by atoms with Gasteiger partial charge < -0.3 is 4.74 Å². The lowest BCUT2D eigenvalue weighted by atomic mass is 10.1. The van der Waals surface area contributed by atoms with Gasteiger partial charge >= 0.3 is 0 Å². The molecule has 1 aromatic rings. The van der Waals surface area contributed by atoms with Gasteiger partial charge in [-0.25, -0.2) is 0 Å². The van der Waals surface area contributed by atoms with Gasteiger partial charge in [0.25, 0.3) is 0 Å². The molecule has 0 radical (unpaired) electrons. The molecular formula is C11H10O2. The number of methoxy groups -OCH3 is 1. The second-order valence-corrected chi connectivity index (χ2v) is 3.10. The number of rotatable bonds is 1. The van der Waals surface area contributed by atoms with Crippen LogP contribution in [0.25, 0.3) is 5.57 Å². The van der Waals surface area contributed by atoms with Gasteiger partial charge in [0.2, 0.25) is 0 Å². The number of ether oxygens (including phenoxy) is 1. The minimum Gasteiger partial charge on any atom is -0.497 e. The van der Waals surface area contributed by atoms with Gasteiger partial charge in [-0.15, -0.1) is 0 Å². The highest BCUT2D eigenvalue weighted by Gasteiger charge is 2.18. The van der Waals surface area contributed by atoms with Crippen molar-refractivity contribution in [1.82, 2.24) is 0 Å². The van der Waals surface area contributed by atoms with E-state index >= 15 is 0 Å². The third-order valence-electron chi connectivity index (χ3n) is 2.26. The van der Waals surface area contributed by atoms with Crippen molar-refractivity contribution >= 4 is 11.4 Å². The Balaban J connectivity index is 2.59. The van der Waals surface area contributed by atoms with Crippen molar-refractivity contribution in [2.24, 2.45) is 0 Å². The number of carbonyl (C=O) groups is 1. The lowest BCUT2D eigenvalue weighted by Gasteiger charge is -2.03. The normalized spacial score (nSPS) is 14.0. The second kappa shape index (κ2) is 2.73. The van der Waals surface area contributed by atoms with Crippen molar-refractivity contribution < 1.29 is 9.53 Å². The van der Waals surface area contributed by atoms with E-state index in [0.29, 0.717) is 0 Å². The molecule has 0 atom stereocenters. The van der Waals surface area contributed by atoms with Gasteiger partial charge in [0.1, 0.15) is 5.75 Å². The van der Waals surface area contributed by atoms with E-state index < -0.39 is 0 Å². The summed E-state index contributed by atoms with van der Waals surface area (Å²) in [6.45, 7) is 1.93. The Morgan fingerprint density at radius 3 is 2.69 bits per heavy atom. The fourth-order valence-electron chi connectivity index (χ4n) is 1.54. The summed E-state index contributed by atoms with van der Waals surface area (Å²) in [4.78, 5) is 11.4. The average molecular weight is 174 g/mol. The van der Waals surface area contributed by atoms with Crippen LogP contribution in [-0.2, 0) is 0 Å². The molecule has 0 fully saturated rings. The number of fused-ring (bicyclic) bond motifs is 1. The number of allylic oxidation sites excluding steroid dienone is 2. The summed E-state index contributed by atoms with van der Waals surface area (Å²) in [5.41, 5.74) is 2.78. The molecule has 0 heterocycles. The zero-order valence-electron chi connectivity index (χ0n) is 7.63. The smallest absolute Gasteiger partial charge is 0.186 e. The van der Waals surface area contributed by atoms with Crippen LogP contribution in [0.5, 0.6) is 5.75 Å². The molecule has 0 N–H and O–H groups in total. The summed E-state index contributed by atoms with van der Waals surface area (Å²) in [5.74, 6) is 0.886. The summed E-state index contributed by atoms with van der Waals surface area (Å²) < 4.78 is 5.08. The third-order valence-corrected chi connectivity index (χ3v) is 2.26. The van der Waals surface area contributed by atoms with Gasteiger partial charge in [0, 0.05) is 5.56 Å². The summed E-state index contributed by atoms with van der Waals surface area (Å²) in [6, 6.07) is 5.51. The summed E-state index contributed by atoms with van der Waals surface area (Å²) >= 11 is 0. The Hall–Kier alpha value is -1.57. The molecule has 1 aliphatic carbocycles. The molecule has 0 spiro atoms. The van der Waals surface area contributed by atoms with E-state index in [1.165, 1.54) is 0 Å². The minimum absolute atomic E-state index is 0.0927. The van der Waals surface area contributed by atoms with Crippen LogP contribution in [0.15, 0.2) is 24.3 Å². The van der Waals surface area contributed by atoms with E-state index in [9.17, 15) is 4.79 Å². The second-order valence-electron chi connectivity index (χ2n) is 3.10. The molecular weight excluding hydrogens is 164 g/mol. The molecule has 2 nitrogen and oxygen atoms in total. The Bertz CT molecular complexity index is 403. The Kier molecular flexibility index (Phi) is 1.69. The lowest BCUT2D eigenvalue weighted by molar-refractivity contribution is 0.105. The monoisotopic (exact) mass is 174 g/mol. The maximum Gasteiger partial charge on any atom is 0.186 e. The summed E-state index contributed by atoms with van der Waals surface area (Å²) in [7, 11) is 1.62. The number of benzene rings is 1. The highest BCUT2D eigenvalue weighted by atomic mass is 16.5. The van der Waals surface area contributed by atoms with Crippen molar-refractivity contribution in [3.8, 4) is 5.75 Å². The minimum atomic E-state index is 0.0927. The number of carbonyl (C=O) groups excluding carboxylic acids is 1. The van der Waals surface area contributed by atoms with Crippen LogP contribution in [-0.4, -0.2) is 12.9 Å². The molecule has 0 saturated heterocycles. The molecule has 0 aromatic heterocycles. The molecule has 0 unspecified atom stereocenters. The fourth-order valence-corrected chi connectivity index (χ4v) is 1.54. The van der Waals surface area contributed by atoms with Gasteiger partial charge in [-0.3, -0.25) is 4.79 Å². The maximum atomic E-state index is 11.4. The standard InChI is InChI=1S/C11H10O2/c1-7-5-11(12)9-4-3-8(13-2)6-10(7)9/h3-6H,1-2H3. The first-order valence-electron chi connectivity index (χ1n) is 4.13. The van der Waals surface area contributed by atoms with Gasteiger partial charge in [-0.1, -0.05) is 0 Å². The first-order chi connectivity index (χ1) is 6.22. The topological polar surface area (TPSA) is 26.3 Å². The van der Waals surface area contributed by atoms with Crippen molar-refractivity contribution in [3.05, 3.63) is 35.4 Å². The van der Waals surface area contributed by atoms with Crippen LogP contribution in [0.3, 0.4) is 0 Å². The molecule has 0 aliphatic heterocycles. The molecule has 1 aromatic carbocycles. The molecule has 0 amide bonds. The Morgan fingerprint density at radius 2 is 2.00 bits per heavy atom. The molecule has 2 heteroatoms. The SMILES string of the molecule is COc1ccc2c(c1)C(C)=CC2=O. The first kappa shape index (κ1) is 8.05. The van der Waals surface area contributed by atoms with Crippen molar-refractivity contribution in [2.75, 3.05) is 7.11 Å². The van der Waals surface area contributed by atoms with Gasteiger partial charge in [-0.2, -0.15) is 0 Å². The Morgan fingerprint density at radius 1 is 1.23 bits per heavy atom. The molecule has 1 aliphatic rings. The predicted molar refractivity (Wildman–Crippen MR) is 51.0 cm³/mol. The fraction of sp³-hybridized carbons (Fsp3) is 0.182. The van der Waals surface area contributed by atoms with Crippen LogP contribution in [0, 0.1) is 0 Å². The van der Waals surface area contributed by atoms with Crippen molar-refractivity contribution in [3.63, 3.8) is 0 Å². The number of ketones is 1. The highest BCUT2D eigenvalue weighted by Crippen LogP contribution is 2.29. The first-order valence-corrected chi connectivity index (χ1v) is 4.13. The van der Waals surface area contributed by atoms with E-state index in [-0.39, 0.29) is 5.78 Å². The van der Waals surface area contributed by atoms with Crippen LogP contribution in [0.4, 0.5) is 0 Å². The zero-order valence-corrected chi connectivity index (χ0v) is 7.63. The zero-order chi connectivity index (χ0) is 9.42. The van der Waals surface area contributed by atoms with Crippen molar-refractivity contribution in [2.45, 2.75) is 6.92 Å². The molecule has 2 rings (SSSR count). The van der Waals surface area contributed by atoms with Gasteiger partial charge in [0.05, 0.1) is 7.11 Å². The summed E-state index contributed by atoms with van der Waals surface area (Å²) in [6.07, 6.45) is 1.66. The van der Waals surface area contributed by atoms with E-state index in [2.05, 4.69) is 0 Å². The molecule has 66 valence electrons. The summed E-state index contributed by atoms with van der Waals surface area (Å²) in [5, 5.41) is 0. The largest absolute Gasteiger partial charge is 0.497 e. The van der Waals surface area contributed by atoms with Gasteiger partial charge in [0.15, 0.2) is 5.78 Å². The molecule has 13 heavy (non-hydrogen) atoms. The van der Waals surface area contributed by atoms with E-state index in [1.54, 1.807) is 13.2 Å². The van der Waals surface area contributed by atoms with Crippen LogP contribution < -0.4 is 4.74 Å². The van der Waals surface area contributed by atoms with Crippen LogP contribution in [0.1, 0.15) is 22.8 Å². The van der Waals surface area contributed by atoms with E-state index in [4.69, 9.17) is 4.74 Å². The van der Waals surface area contributed by atoms with E-state index in [0.717, 1.165) is 22.4 Å². The maximum absolute atomic E-state index is 11.4. The third kappa shape index (κ3) is 1.15. The number of hydrogen-bond acceptors (Lipinski definition) is 2. The number of hydrogen-bond donors (Lipinski definition) is 0. The van der Waals surface area contributed by atoms with Crippen LogP contribution in [0.2, 0.25) is 0 Å². The van der Waals surface area contributed by atoms with Crippen molar-refractivity contribution in [1.29, 1.82) is 0 Å². The van der Waals surface area contributed by atoms with E-state index in [1.807, 2.05) is 25.1 Å². The Labute approximate surface area is 76.8 Å². The predicted octanol–water partition coefficient (Wildman–Crippen LogP) is 2.29. The lowest BCUT2D eigenvalue weighted by Crippen LogP contribution is -1.92. The molecule has 0 bridgehead atoms. The molecule has 0 saturated carbocycles. The average Bonchev–Trinajstić information content (AvgIpc) is 2.42.